The molecule has 0 aromatic heterocycles. The van der Waals surface area contributed by atoms with E-state index in [-0.39, 0.29) is 48.1 Å². The van der Waals surface area contributed by atoms with E-state index in [4.69, 9.17) is 66.2 Å². The van der Waals surface area contributed by atoms with Crippen LogP contribution in [0.1, 0.15) is 182 Å². The molecule has 0 aromatic rings. The Bertz CT molecular complexity index is 546. The second-order valence-electron chi connectivity index (χ2n) is 11.3. The Kier molecular flexibility index (Phi) is 57.9. The van der Waals surface area contributed by atoms with Crippen LogP contribution in [0.3, 0.4) is 0 Å². The molecule has 0 saturated carbocycles. The maximum Gasteiger partial charge on any atom is 0.0563 e. The fourth-order valence-corrected chi connectivity index (χ4v) is 7.66. The van der Waals surface area contributed by atoms with E-state index in [1.54, 1.807) is 0 Å². The first-order chi connectivity index (χ1) is 20.2. The van der Waals surface area contributed by atoms with Crippen molar-refractivity contribution in [1.29, 1.82) is 0 Å². The minimum atomic E-state index is -2.40. The molecule has 0 unspecified atom stereocenters. The van der Waals surface area contributed by atoms with Gasteiger partial charge < -0.3 is 69.6 Å². The van der Waals surface area contributed by atoms with E-state index in [0.29, 0.717) is 26.4 Å². The van der Waals surface area contributed by atoms with Crippen LogP contribution >= 0.6 is 11.4 Å². The van der Waals surface area contributed by atoms with Gasteiger partial charge in [0.2, 0.25) is 0 Å². The third-order valence-corrected chi connectivity index (χ3v) is 11.5. The van der Waals surface area contributed by atoms with Crippen LogP contribution < -0.4 is 0 Å². The van der Waals surface area contributed by atoms with Gasteiger partial charge in [0, 0.05) is 21.1 Å². The van der Waals surface area contributed by atoms with Crippen molar-refractivity contribution in [3.63, 3.8) is 0 Å². The van der Waals surface area contributed by atoms with Crippen molar-refractivity contribution in [1.82, 2.24) is 0 Å². The Hall–Kier alpha value is 3.23. The van der Waals surface area contributed by atoms with Crippen molar-refractivity contribution in [3.05, 3.63) is 0 Å². The Morgan fingerprint density at radius 2 is 0.511 bits per heavy atom. The fraction of sp³-hybridized carbons (Fsp3) is 1.00. The van der Waals surface area contributed by atoms with Gasteiger partial charge in [-0.25, -0.2) is 0 Å². The predicted molar refractivity (Wildman–Crippen MR) is 215 cm³/mol. The zero-order chi connectivity index (χ0) is 31.6. The fourth-order valence-electron chi connectivity index (χ4n) is 4.31. The van der Waals surface area contributed by atoms with E-state index in [9.17, 15) is 0 Å². The smallest absolute Gasteiger partial charge is 0.0563 e. The SMILES string of the molecule is CCCCCCCCOP(=S)([S-])OCCCCCCCC.CCCCCCCCOP(=S)([S-])OCCCCCCCC.[Mo].[S-2].[S-2]. The molecule has 0 aliphatic heterocycles. The minimum absolute atomic E-state index is 0. The van der Waals surface area contributed by atoms with E-state index in [0.717, 1.165) is 25.7 Å². The van der Waals surface area contributed by atoms with E-state index in [2.05, 4.69) is 27.7 Å². The van der Waals surface area contributed by atoms with Gasteiger partial charge in [-0.1, -0.05) is 180 Å². The molecule has 0 spiro atoms. The van der Waals surface area contributed by atoms with Crippen LogP contribution in [0.15, 0.2) is 0 Å². The molecule has 0 aromatic carbocycles. The second-order valence-corrected chi connectivity index (χ2v) is 21.3. The molecule has 278 valence electrons. The first-order valence-electron chi connectivity index (χ1n) is 17.4. The summed E-state index contributed by atoms with van der Waals surface area (Å²) in [7, 11) is 0. The summed E-state index contributed by atoms with van der Waals surface area (Å²) >= 11 is 21.1. The Labute approximate surface area is 331 Å². The van der Waals surface area contributed by atoms with E-state index < -0.39 is 11.4 Å². The molecular weight excluding hydrogens is 799 g/mol. The van der Waals surface area contributed by atoms with Gasteiger partial charge in [0.05, 0.1) is 37.8 Å². The zero-order valence-corrected chi connectivity index (χ0v) is 37.9. The van der Waals surface area contributed by atoms with Gasteiger partial charge in [-0.15, -0.1) is 0 Å². The minimum Gasteiger partial charge on any atom is -2.00 e. The zero-order valence-electron chi connectivity index (χ0n) is 29.2. The molecule has 0 atom stereocenters. The largest absolute Gasteiger partial charge is 2.00 e. The van der Waals surface area contributed by atoms with Crippen molar-refractivity contribution in [2.75, 3.05) is 26.4 Å². The van der Waals surface area contributed by atoms with Crippen LogP contribution in [0.4, 0.5) is 0 Å². The Morgan fingerprint density at radius 1 is 0.356 bits per heavy atom. The second kappa shape index (κ2) is 45.2. The number of unbranched alkanes of at least 4 members (excludes halogenated alkanes) is 20. The Morgan fingerprint density at radius 3 is 0.689 bits per heavy atom. The summed E-state index contributed by atoms with van der Waals surface area (Å²) in [5, 5.41) is 0. The number of hydrogen-bond acceptors (Lipinski definition) is 8. The van der Waals surface area contributed by atoms with Gasteiger partial charge >= 0.3 is 0 Å². The van der Waals surface area contributed by atoms with Gasteiger partial charge in [-0.05, 0) is 25.7 Å². The van der Waals surface area contributed by atoms with Crippen molar-refractivity contribution < 1.29 is 39.2 Å². The molecule has 0 fully saturated rings. The number of rotatable bonds is 32. The van der Waals surface area contributed by atoms with E-state index in [1.807, 2.05) is 0 Å². The summed E-state index contributed by atoms with van der Waals surface area (Å²) in [6, 6.07) is 0. The molecule has 0 rings (SSSR count). The first kappa shape index (κ1) is 57.6. The van der Waals surface area contributed by atoms with Crippen LogP contribution in [-0.2, 0) is 114 Å². The van der Waals surface area contributed by atoms with E-state index in [1.165, 1.54) is 128 Å². The van der Waals surface area contributed by atoms with Crippen LogP contribution in [0.2, 0.25) is 0 Å². The molecule has 0 saturated heterocycles. The van der Waals surface area contributed by atoms with Crippen molar-refractivity contribution in [3.8, 4) is 0 Å². The molecule has 4 nitrogen and oxygen atoms in total. The quantitative estimate of drug-likeness (QED) is 0.0286. The van der Waals surface area contributed by atoms with Gasteiger partial charge in [0.15, 0.2) is 0 Å². The summed E-state index contributed by atoms with van der Waals surface area (Å²) in [5.74, 6) is 0. The molecule has 0 aliphatic rings. The standard InChI is InChI=1S/2C16H35O2PS2.Mo.2S/c2*1-3-5-7-9-11-13-15-17-19(20,21)18-16-14-12-10-8-6-4-2;;;/h2*3-16H2,1-2H3,(H,20,21);;;/q;;;2*-2/p-2. The van der Waals surface area contributed by atoms with Gasteiger partial charge in [0.25, 0.3) is 0 Å². The monoisotopic (exact) mass is 868 g/mol. The average molecular weight is 867 g/mol. The Balaban J connectivity index is -0.000000222. The topological polar surface area (TPSA) is 36.9 Å². The molecule has 0 N–H and O–H groups in total. The van der Waals surface area contributed by atoms with E-state index >= 15 is 0 Å². The maximum atomic E-state index is 5.60. The molecule has 0 heterocycles. The van der Waals surface area contributed by atoms with Gasteiger partial charge in [-0.3, -0.25) is 0 Å². The molecular formula is C32H68MoO4P2S6-6. The first-order valence-corrected chi connectivity index (χ1v) is 24.7. The third kappa shape index (κ3) is 51.7. The van der Waals surface area contributed by atoms with Crippen LogP contribution in [0.5, 0.6) is 0 Å². The average Bonchev–Trinajstić information content (AvgIpc) is 2.95. The molecule has 45 heavy (non-hydrogen) atoms. The van der Waals surface area contributed by atoms with Crippen molar-refractivity contribution in [2.24, 2.45) is 0 Å². The maximum absolute atomic E-state index is 5.60. The van der Waals surface area contributed by atoms with Crippen molar-refractivity contribution in [2.45, 2.75) is 182 Å². The molecule has 0 amide bonds. The third-order valence-electron chi connectivity index (χ3n) is 6.99. The summed E-state index contributed by atoms with van der Waals surface area (Å²) in [4.78, 5) is 0. The summed E-state index contributed by atoms with van der Waals surface area (Å²) < 4.78 is 22.4. The number of hydrogen-bond donors (Lipinski definition) is 0. The van der Waals surface area contributed by atoms with Crippen LogP contribution in [0, 0.1) is 0 Å². The van der Waals surface area contributed by atoms with Crippen LogP contribution in [-0.4, -0.2) is 26.4 Å². The van der Waals surface area contributed by atoms with Gasteiger partial charge in [0.1, 0.15) is 0 Å². The van der Waals surface area contributed by atoms with Crippen LogP contribution in [0.25, 0.3) is 0 Å². The summed E-state index contributed by atoms with van der Waals surface area (Å²) in [5.41, 5.74) is -4.80. The summed E-state index contributed by atoms with van der Waals surface area (Å²) in [6.45, 7) is 11.6. The summed E-state index contributed by atoms with van der Waals surface area (Å²) in [6.07, 6.45) is 30.0. The molecule has 0 bridgehead atoms. The van der Waals surface area contributed by atoms with Crippen molar-refractivity contribution >= 4 is 86.5 Å². The molecule has 0 radical (unpaired) electrons. The molecule has 0 aliphatic carbocycles. The molecule has 13 heteroatoms. The van der Waals surface area contributed by atoms with Gasteiger partial charge in [-0.2, -0.15) is 0 Å². The predicted octanol–water partition coefficient (Wildman–Crippen LogP) is 13.0. The normalized spacial score (nSPS) is 11.2.